The maximum Gasteiger partial charge on any atom is 0.407 e. The number of likely N-dealkylation sites (tertiary alicyclic amines) is 1. The van der Waals surface area contributed by atoms with E-state index in [1.165, 1.54) is 6.07 Å². The number of likely N-dealkylation sites (N-methyl/N-ethyl adjacent to an activating group) is 1. The second-order valence-corrected chi connectivity index (χ2v) is 9.47. The van der Waals surface area contributed by atoms with E-state index in [1.807, 2.05) is 18.1 Å². The number of nitrogens with zero attached hydrogens (tertiary/aromatic N) is 3. The Hall–Kier alpha value is -2.52. The van der Waals surface area contributed by atoms with Gasteiger partial charge in [-0.15, -0.1) is 0 Å². The summed E-state index contributed by atoms with van der Waals surface area (Å²) < 4.78 is 34.1. The highest BCUT2D eigenvalue weighted by molar-refractivity contribution is 5.68. The number of rotatable bonds is 3. The zero-order valence-corrected chi connectivity index (χ0v) is 18.3. The largest absolute Gasteiger partial charge is 0.444 e. The summed E-state index contributed by atoms with van der Waals surface area (Å²) in [6.45, 7) is 7.54. The molecule has 31 heavy (non-hydrogen) atoms. The monoisotopic (exact) mass is 433 g/mol. The van der Waals surface area contributed by atoms with Crippen LogP contribution >= 0.6 is 0 Å². The molecule has 2 N–H and O–H groups in total. The fourth-order valence-corrected chi connectivity index (χ4v) is 4.65. The third kappa shape index (κ3) is 4.72. The molecule has 0 spiro atoms. The van der Waals surface area contributed by atoms with Gasteiger partial charge in [0, 0.05) is 36.8 Å². The fourth-order valence-electron chi connectivity index (χ4n) is 4.65. The standard InChI is InChI=1S/C22H29F2N5O2/c1-22(2,3)31-21(30)26-18-8-15(29-10-13-9-25-27-19(13)12-29)11-28(4)20(18)16-7-14(23)5-6-17(16)24/h5-7,9,15,18,20H,8,10-12H2,1-4H3,(H,25,27)(H,26,30)/t15-,18+,20-/m1/s1. The smallest absolute Gasteiger partial charge is 0.407 e. The van der Waals surface area contributed by atoms with Crippen molar-refractivity contribution < 1.29 is 18.3 Å². The Balaban J connectivity index is 1.59. The van der Waals surface area contributed by atoms with E-state index in [1.54, 1.807) is 20.8 Å². The molecule has 1 saturated heterocycles. The third-order valence-electron chi connectivity index (χ3n) is 5.92. The molecule has 1 aromatic carbocycles. The second kappa shape index (κ2) is 8.20. The number of piperidine rings is 1. The molecule has 168 valence electrons. The van der Waals surface area contributed by atoms with Crippen molar-refractivity contribution in [1.29, 1.82) is 0 Å². The lowest BCUT2D eigenvalue weighted by atomic mass is 9.87. The molecule has 0 bridgehead atoms. The molecule has 3 atom stereocenters. The average Bonchev–Trinajstić information content (AvgIpc) is 3.24. The summed E-state index contributed by atoms with van der Waals surface area (Å²) in [5.74, 6) is -0.997. The molecule has 2 aromatic rings. The number of halogens is 2. The Morgan fingerprint density at radius 2 is 2.06 bits per heavy atom. The van der Waals surface area contributed by atoms with Crippen LogP contribution in [-0.2, 0) is 17.8 Å². The number of carbonyl (C=O) groups is 1. The van der Waals surface area contributed by atoms with Gasteiger partial charge in [-0.05, 0) is 52.4 Å². The molecule has 0 saturated carbocycles. The number of amides is 1. The van der Waals surface area contributed by atoms with Crippen LogP contribution in [0.3, 0.4) is 0 Å². The maximum absolute atomic E-state index is 14.7. The summed E-state index contributed by atoms with van der Waals surface area (Å²) in [4.78, 5) is 16.9. The molecule has 7 nitrogen and oxygen atoms in total. The number of benzene rings is 1. The van der Waals surface area contributed by atoms with E-state index in [0.717, 1.165) is 36.5 Å². The Morgan fingerprint density at radius 1 is 1.29 bits per heavy atom. The van der Waals surface area contributed by atoms with Gasteiger partial charge < -0.3 is 10.1 Å². The highest BCUT2D eigenvalue weighted by atomic mass is 19.1. The Kier molecular flexibility index (Phi) is 5.74. The molecule has 2 aliphatic heterocycles. The summed E-state index contributed by atoms with van der Waals surface area (Å²) in [5.41, 5.74) is 1.84. The summed E-state index contributed by atoms with van der Waals surface area (Å²) in [6.07, 6.45) is 1.86. The highest BCUT2D eigenvalue weighted by Crippen LogP contribution is 2.36. The number of H-pyrrole nitrogens is 1. The minimum atomic E-state index is -0.658. The van der Waals surface area contributed by atoms with Crippen LogP contribution in [0.15, 0.2) is 24.4 Å². The van der Waals surface area contributed by atoms with Gasteiger partial charge in [0.05, 0.1) is 24.0 Å². The molecule has 2 aliphatic rings. The topological polar surface area (TPSA) is 73.5 Å². The van der Waals surface area contributed by atoms with E-state index >= 15 is 0 Å². The van der Waals surface area contributed by atoms with Crippen LogP contribution in [0.25, 0.3) is 0 Å². The molecule has 3 heterocycles. The lowest BCUT2D eigenvalue weighted by molar-refractivity contribution is 0.0257. The molecule has 0 aliphatic carbocycles. The van der Waals surface area contributed by atoms with Crippen LogP contribution in [0.4, 0.5) is 13.6 Å². The molecular formula is C22H29F2N5O2. The van der Waals surface area contributed by atoms with Crippen LogP contribution in [0, 0.1) is 11.6 Å². The molecule has 0 unspecified atom stereocenters. The number of alkyl carbamates (subject to hydrolysis) is 1. The fraction of sp³-hybridized carbons (Fsp3) is 0.545. The van der Waals surface area contributed by atoms with Crippen LogP contribution in [-0.4, -0.2) is 57.4 Å². The minimum absolute atomic E-state index is 0.124. The number of aromatic amines is 1. The van der Waals surface area contributed by atoms with E-state index in [0.29, 0.717) is 13.0 Å². The van der Waals surface area contributed by atoms with Crippen LogP contribution in [0.2, 0.25) is 0 Å². The number of aromatic nitrogens is 2. The average molecular weight is 434 g/mol. The maximum atomic E-state index is 14.7. The molecular weight excluding hydrogens is 404 g/mol. The van der Waals surface area contributed by atoms with Crippen molar-refractivity contribution in [2.75, 3.05) is 13.6 Å². The van der Waals surface area contributed by atoms with Crippen LogP contribution in [0.5, 0.6) is 0 Å². The quantitative estimate of drug-likeness (QED) is 0.777. The van der Waals surface area contributed by atoms with Gasteiger partial charge in [0.1, 0.15) is 17.2 Å². The third-order valence-corrected chi connectivity index (χ3v) is 5.92. The summed E-state index contributed by atoms with van der Waals surface area (Å²) >= 11 is 0. The Labute approximate surface area is 180 Å². The molecule has 1 aromatic heterocycles. The van der Waals surface area contributed by atoms with E-state index in [9.17, 15) is 13.6 Å². The second-order valence-electron chi connectivity index (χ2n) is 9.47. The zero-order chi connectivity index (χ0) is 22.3. The first-order valence-electron chi connectivity index (χ1n) is 10.5. The van der Waals surface area contributed by atoms with Gasteiger partial charge in [0.2, 0.25) is 0 Å². The molecule has 1 amide bonds. The Morgan fingerprint density at radius 3 is 2.77 bits per heavy atom. The van der Waals surface area contributed by atoms with Crippen molar-refractivity contribution in [3.8, 4) is 0 Å². The predicted molar refractivity (Wildman–Crippen MR) is 111 cm³/mol. The number of ether oxygens (including phenoxy) is 1. The summed E-state index contributed by atoms with van der Waals surface area (Å²) in [7, 11) is 1.88. The molecule has 9 heteroatoms. The van der Waals surface area contributed by atoms with Crippen LogP contribution < -0.4 is 5.32 Å². The molecule has 0 radical (unpaired) electrons. The van der Waals surface area contributed by atoms with E-state index in [4.69, 9.17) is 4.74 Å². The number of nitrogens with one attached hydrogen (secondary N) is 2. The first-order chi connectivity index (χ1) is 14.6. The van der Waals surface area contributed by atoms with Gasteiger partial charge in [-0.25, -0.2) is 13.6 Å². The van der Waals surface area contributed by atoms with E-state index in [-0.39, 0.29) is 11.6 Å². The lowest BCUT2D eigenvalue weighted by Gasteiger charge is -2.46. The van der Waals surface area contributed by atoms with Crippen molar-refractivity contribution in [1.82, 2.24) is 25.3 Å². The van der Waals surface area contributed by atoms with Gasteiger partial charge in [-0.3, -0.25) is 14.9 Å². The summed E-state index contributed by atoms with van der Waals surface area (Å²) in [5, 5.41) is 10.0. The molecule has 1 fully saturated rings. The van der Waals surface area contributed by atoms with E-state index < -0.39 is 35.4 Å². The normalized spacial score (nSPS) is 24.8. The number of hydrogen-bond donors (Lipinski definition) is 2. The van der Waals surface area contributed by atoms with Crippen molar-refractivity contribution in [3.63, 3.8) is 0 Å². The Bertz CT molecular complexity index is 937. The first kappa shape index (κ1) is 21.7. The van der Waals surface area contributed by atoms with Crippen LogP contribution in [0.1, 0.15) is 50.1 Å². The van der Waals surface area contributed by atoms with Crippen molar-refractivity contribution >= 4 is 6.09 Å². The van der Waals surface area contributed by atoms with Gasteiger partial charge in [-0.2, -0.15) is 5.10 Å². The lowest BCUT2D eigenvalue weighted by Crippen LogP contribution is -2.57. The van der Waals surface area contributed by atoms with Crippen molar-refractivity contribution in [3.05, 3.63) is 52.9 Å². The van der Waals surface area contributed by atoms with Crippen molar-refractivity contribution in [2.45, 2.75) is 64.0 Å². The number of fused-ring (bicyclic) bond motifs is 1. The highest BCUT2D eigenvalue weighted by Gasteiger charge is 2.41. The first-order valence-corrected chi connectivity index (χ1v) is 10.5. The van der Waals surface area contributed by atoms with Gasteiger partial charge in [0.15, 0.2) is 0 Å². The van der Waals surface area contributed by atoms with E-state index in [2.05, 4.69) is 20.4 Å². The molecule has 4 rings (SSSR count). The minimum Gasteiger partial charge on any atom is -0.444 e. The van der Waals surface area contributed by atoms with Crippen molar-refractivity contribution in [2.24, 2.45) is 0 Å². The SMILES string of the molecule is CN1C[C@H](N2Cc3cn[nH]c3C2)C[C@H](NC(=O)OC(C)(C)C)[C@H]1c1cc(F)ccc1F. The predicted octanol–water partition coefficient (Wildman–Crippen LogP) is 3.34. The zero-order valence-electron chi connectivity index (χ0n) is 18.3. The number of hydrogen-bond acceptors (Lipinski definition) is 5. The van der Waals surface area contributed by atoms with Gasteiger partial charge >= 0.3 is 6.09 Å². The van der Waals surface area contributed by atoms with Gasteiger partial charge in [0.25, 0.3) is 0 Å². The number of carbonyl (C=O) groups excluding carboxylic acids is 1. The summed E-state index contributed by atoms with van der Waals surface area (Å²) in [6, 6.07) is 2.61. The van der Waals surface area contributed by atoms with Gasteiger partial charge in [-0.1, -0.05) is 0 Å².